The van der Waals surface area contributed by atoms with Crippen molar-refractivity contribution in [1.29, 1.82) is 0 Å². The molecule has 3 aliphatic rings. The zero-order valence-corrected chi connectivity index (χ0v) is 22.6. The van der Waals surface area contributed by atoms with Crippen LogP contribution in [-0.4, -0.2) is 28.4 Å². The molecule has 1 fully saturated rings. The molecule has 0 saturated carbocycles. The van der Waals surface area contributed by atoms with E-state index in [-0.39, 0.29) is 28.1 Å². The predicted molar refractivity (Wildman–Crippen MR) is 156 cm³/mol. The van der Waals surface area contributed by atoms with Gasteiger partial charge in [-0.15, -0.1) is 0 Å². The van der Waals surface area contributed by atoms with Crippen LogP contribution in [0.4, 0.5) is 5.69 Å². The monoisotopic (exact) mass is 564 g/mol. The molecule has 7 heteroatoms. The van der Waals surface area contributed by atoms with E-state index >= 15 is 0 Å². The van der Waals surface area contributed by atoms with Gasteiger partial charge in [-0.05, 0) is 65.2 Å². The van der Waals surface area contributed by atoms with E-state index in [1.807, 2.05) is 65.7 Å². The van der Waals surface area contributed by atoms with Crippen molar-refractivity contribution in [2.24, 2.45) is 5.92 Å². The van der Waals surface area contributed by atoms with Gasteiger partial charge < -0.3 is 10.2 Å². The molecule has 4 aromatic carbocycles. The Hall–Kier alpha value is -4.19. The van der Waals surface area contributed by atoms with Crippen molar-refractivity contribution in [2.45, 2.75) is 17.5 Å². The van der Waals surface area contributed by atoms with Gasteiger partial charge in [-0.3, -0.25) is 14.4 Å². The summed E-state index contributed by atoms with van der Waals surface area (Å²) < 4.78 is 0. The van der Waals surface area contributed by atoms with E-state index in [2.05, 4.69) is 5.32 Å². The van der Waals surface area contributed by atoms with E-state index < -0.39 is 23.4 Å². The van der Waals surface area contributed by atoms with Crippen LogP contribution >= 0.6 is 23.2 Å². The first kappa shape index (κ1) is 24.8. The van der Waals surface area contributed by atoms with Crippen LogP contribution in [0.5, 0.6) is 0 Å². The third kappa shape index (κ3) is 3.38. The molecule has 1 N–H and O–H groups in total. The lowest BCUT2D eigenvalue weighted by Crippen LogP contribution is -2.49. The van der Waals surface area contributed by atoms with E-state index in [1.165, 1.54) is 0 Å². The Morgan fingerprint density at radius 2 is 1.50 bits per heavy atom. The summed E-state index contributed by atoms with van der Waals surface area (Å²) in [7, 11) is 0. The fourth-order valence-electron chi connectivity index (χ4n) is 6.78. The lowest BCUT2D eigenvalue weighted by molar-refractivity contribution is -0.122. The number of carbonyl (C=O) groups excluding carboxylic acids is 3. The third-order valence-electron chi connectivity index (χ3n) is 8.39. The maximum Gasteiger partial charge on any atom is 0.238 e. The van der Waals surface area contributed by atoms with Gasteiger partial charge in [-0.2, -0.15) is 0 Å². The number of carbonyl (C=O) groups is 3. The van der Waals surface area contributed by atoms with Crippen LogP contribution in [0.1, 0.15) is 43.4 Å². The number of Topliss-reactive ketones (excluding diaryl/α,β-unsaturated/α-hetero) is 2. The van der Waals surface area contributed by atoms with Crippen molar-refractivity contribution < 1.29 is 14.4 Å². The number of fused-ring (bicyclic) bond motifs is 6. The highest BCUT2D eigenvalue weighted by molar-refractivity contribution is 6.34. The number of hydrogen-bond donors (Lipinski definition) is 1. The predicted octanol–water partition coefficient (Wildman–Crippen LogP) is 6.98. The van der Waals surface area contributed by atoms with Crippen LogP contribution in [0.3, 0.4) is 0 Å². The number of hydrogen-bond acceptors (Lipinski definition) is 4. The van der Waals surface area contributed by atoms with Gasteiger partial charge in [-0.1, -0.05) is 77.8 Å². The van der Waals surface area contributed by atoms with Crippen LogP contribution in [0.15, 0.2) is 103 Å². The smallest absolute Gasteiger partial charge is 0.238 e. The van der Waals surface area contributed by atoms with Gasteiger partial charge in [0.1, 0.15) is 11.5 Å². The van der Waals surface area contributed by atoms with Gasteiger partial charge in [-0.25, -0.2) is 0 Å². The molecule has 4 aromatic rings. The average Bonchev–Trinajstić information content (AvgIpc) is 3.45. The van der Waals surface area contributed by atoms with Crippen molar-refractivity contribution in [3.63, 3.8) is 0 Å². The molecule has 1 saturated heterocycles. The molecule has 1 amide bonds. The van der Waals surface area contributed by atoms with Gasteiger partial charge in [0, 0.05) is 28.0 Å². The molecule has 1 spiro atoms. The second-order valence-corrected chi connectivity index (χ2v) is 11.1. The topological polar surface area (TPSA) is 66.5 Å². The number of nitrogens with zero attached hydrogens (tertiary/aromatic N) is 1. The molecular weight excluding hydrogens is 543 g/mol. The summed E-state index contributed by atoms with van der Waals surface area (Å²) in [6, 6.07) is 27.0. The second kappa shape index (κ2) is 9.19. The Morgan fingerprint density at radius 1 is 0.800 bits per heavy atom. The van der Waals surface area contributed by atoms with E-state index in [1.54, 1.807) is 48.5 Å². The number of halogens is 2. The summed E-state index contributed by atoms with van der Waals surface area (Å²) >= 11 is 12.7. The standard InChI is InChI=1S/C33H22Cl2N2O3/c34-21-15-13-20(14-16-21)29(38)28-27(30(39)23-9-3-5-11-25(23)35)33(24-10-4-6-12-26(24)36-32(33)40)31-22-8-2-1-7-19(22)17-18-37(28)31/h1-18,27-28,31H,(H,36,40)/t27-,28+,31-,33+/m1/s1. The van der Waals surface area contributed by atoms with Crippen LogP contribution < -0.4 is 5.32 Å². The molecule has 7 rings (SSSR count). The van der Waals surface area contributed by atoms with Crippen molar-refractivity contribution in [2.75, 3.05) is 5.32 Å². The highest BCUT2D eigenvalue weighted by atomic mass is 35.5. The number of anilines is 1. The number of amides is 1. The van der Waals surface area contributed by atoms with E-state index in [4.69, 9.17) is 23.2 Å². The Morgan fingerprint density at radius 3 is 2.30 bits per heavy atom. The molecule has 5 nitrogen and oxygen atoms in total. The summed E-state index contributed by atoms with van der Waals surface area (Å²) in [6.45, 7) is 0. The molecule has 0 aliphatic carbocycles. The van der Waals surface area contributed by atoms with Crippen molar-refractivity contribution >= 4 is 52.4 Å². The lowest BCUT2D eigenvalue weighted by Gasteiger charge is -2.38. The van der Waals surface area contributed by atoms with Crippen LogP contribution in [-0.2, 0) is 10.2 Å². The Balaban J connectivity index is 1.55. The summed E-state index contributed by atoms with van der Waals surface area (Å²) in [5, 5.41) is 3.82. The Labute approximate surface area is 241 Å². The van der Waals surface area contributed by atoms with Crippen molar-refractivity contribution in [1.82, 2.24) is 4.90 Å². The minimum atomic E-state index is -1.40. The summed E-state index contributed by atoms with van der Waals surface area (Å²) in [5.74, 6) is -2.03. The highest BCUT2D eigenvalue weighted by Gasteiger charge is 2.70. The Kier molecular flexibility index (Phi) is 5.70. The molecule has 3 heterocycles. The molecule has 196 valence electrons. The minimum Gasteiger partial charge on any atom is -0.358 e. The number of para-hydroxylation sites is 1. The van der Waals surface area contributed by atoms with Crippen molar-refractivity contribution in [3.05, 3.63) is 141 Å². The largest absolute Gasteiger partial charge is 0.358 e. The molecular formula is C33H22Cl2N2O3. The molecule has 4 atom stereocenters. The summed E-state index contributed by atoms with van der Waals surface area (Å²) in [4.78, 5) is 45.6. The second-order valence-electron chi connectivity index (χ2n) is 10.3. The van der Waals surface area contributed by atoms with E-state index in [0.717, 1.165) is 11.1 Å². The molecule has 40 heavy (non-hydrogen) atoms. The number of nitrogens with one attached hydrogen (secondary N) is 1. The van der Waals surface area contributed by atoms with Crippen LogP contribution in [0.2, 0.25) is 10.0 Å². The molecule has 0 radical (unpaired) electrons. The maximum atomic E-state index is 14.8. The summed E-state index contributed by atoms with van der Waals surface area (Å²) in [5.41, 5.74) is 2.41. The SMILES string of the molecule is O=C(c1ccc(Cl)cc1)[C@@H]1[C@H](C(=O)c2ccccc2Cl)[C@]2(C(=O)Nc3ccccc32)[C@H]2c3ccccc3C=CN12. The fraction of sp³-hybridized carbons (Fsp3) is 0.121. The van der Waals surface area contributed by atoms with E-state index in [9.17, 15) is 14.4 Å². The summed E-state index contributed by atoms with van der Waals surface area (Å²) in [6.07, 6.45) is 3.78. The first-order valence-corrected chi connectivity index (χ1v) is 13.7. The minimum absolute atomic E-state index is 0.271. The number of rotatable bonds is 4. The highest BCUT2D eigenvalue weighted by Crippen LogP contribution is 2.62. The zero-order chi connectivity index (χ0) is 27.6. The molecule has 0 aromatic heterocycles. The molecule has 0 unspecified atom stereocenters. The fourth-order valence-corrected chi connectivity index (χ4v) is 7.14. The van der Waals surface area contributed by atoms with E-state index in [0.29, 0.717) is 21.8 Å². The van der Waals surface area contributed by atoms with Gasteiger partial charge in [0.05, 0.1) is 17.0 Å². The lowest BCUT2D eigenvalue weighted by atomic mass is 9.62. The van der Waals surface area contributed by atoms with Crippen LogP contribution in [0.25, 0.3) is 6.08 Å². The number of benzene rings is 4. The first-order valence-electron chi connectivity index (χ1n) is 13.0. The zero-order valence-electron chi connectivity index (χ0n) is 21.1. The van der Waals surface area contributed by atoms with Gasteiger partial charge in [0.2, 0.25) is 5.91 Å². The van der Waals surface area contributed by atoms with Gasteiger partial charge in [0.15, 0.2) is 11.6 Å². The van der Waals surface area contributed by atoms with Gasteiger partial charge in [0.25, 0.3) is 0 Å². The third-order valence-corrected chi connectivity index (χ3v) is 8.97. The maximum absolute atomic E-state index is 14.8. The normalized spacial score (nSPS) is 23.9. The first-order chi connectivity index (χ1) is 19.4. The van der Waals surface area contributed by atoms with Gasteiger partial charge >= 0.3 is 0 Å². The molecule has 3 aliphatic heterocycles. The van der Waals surface area contributed by atoms with Crippen molar-refractivity contribution in [3.8, 4) is 0 Å². The average molecular weight is 565 g/mol. The quantitative estimate of drug-likeness (QED) is 0.272. The molecule has 0 bridgehead atoms. The van der Waals surface area contributed by atoms with Crippen LogP contribution in [0, 0.1) is 5.92 Å². The Bertz CT molecular complexity index is 1750. The number of ketones is 2.